The average Bonchev–Trinajstić information content (AvgIpc) is 3.10. The first kappa shape index (κ1) is 17.5. The van der Waals surface area contributed by atoms with Crippen LogP contribution in [0.4, 0.5) is 0 Å². The summed E-state index contributed by atoms with van der Waals surface area (Å²) >= 11 is 1.73. The molecular formula is C18H26N4OS. The molecule has 0 spiro atoms. The first-order valence-electron chi connectivity index (χ1n) is 8.70. The Labute approximate surface area is 148 Å². The molecule has 0 aliphatic carbocycles. The van der Waals surface area contributed by atoms with Crippen molar-refractivity contribution >= 4 is 11.8 Å². The molecule has 1 aliphatic heterocycles. The van der Waals surface area contributed by atoms with Crippen LogP contribution < -0.4 is 0 Å². The van der Waals surface area contributed by atoms with Crippen molar-refractivity contribution in [1.29, 1.82) is 0 Å². The van der Waals surface area contributed by atoms with Crippen LogP contribution in [0.5, 0.6) is 0 Å². The summed E-state index contributed by atoms with van der Waals surface area (Å²) in [4.78, 5) is 10.7. The van der Waals surface area contributed by atoms with Crippen LogP contribution >= 0.6 is 11.8 Å². The Morgan fingerprint density at radius 1 is 1.08 bits per heavy atom. The zero-order valence-corrected chi connectivity index (χ0v) is 15.4. The molecular weight excluding hydrogens is 320 g/mol. The standard InChI is InChI=1S/C18H26N4OS/c1-3-4-9-21-10-12-22(13-11-21)14-17-19-18(20-23-17)15-5-7-16(24-2)8-6-15/h5-8H,3-4,9-14H2,1-2H3. The molecule has 1 aromatic heterocycles. The second-order valence-electron chi connectivity index (χ2n) is 6.21. The van der Waals surface area contributed by atoms with Gasteiger partial charge in [0.2, 0.25) is 11.7 Å². The van der Waals surface area contributed by atoms with Gasteiger partial charge in [-0.2, -0.15) is 4.98 Å². The van der Waals surface area contributed by atoms with Gasteiger partial charge in [-0.05, 0) is 43.5 Å². The number of nitrogens with zero attached hydrogens (tertiary/aromatic N) is 4. The lowest BCUT2D eigenvalue weighted by molar-refractivity contribution is 0.116. The molecule has 130 valence electrons. The molecule has 0 radical (unpaired) electrons. The van der Waals surface area contributed by atoms with Crippen molar-refractivity contribution in [2.24, 2.45) is 0 Å². The Hall–Kier alpha value is -1.37. The van der Waals surface area contributed by atoms with Gasteiger partial charge >= 0.3 is 0 Å². The smallest absolute Gasteiger partial charge is 0.241 e. The molecule has 1 saturated heterocycles. The number of hydrogen-bond donors (Lipinski definition) is 0. The van der Waals surface area contributed by atoms with Crippen LogP contribution in [-0.4, -0.2) is 58.9 Å². The van der Waals surface area contributed by atoms with Crippen LogP contribution in [0, 0.1) is 0 Å². The molecule has 0 N–H and O–H groups in total. The first-order valence-corrected chi connectivity index (χ1v) is 9.92. The van der Waals surface area contributed by atoms with Crippen LogP contribution in [0.1, 0.15) is 25.7 Å². The van der Waals surface area contributed by atoms with Gasteiger partial charge in [0, 0.05) is 36.6 Å². The number of thioether (sulfide) groups is 1. The fourth-order valence-electron chi connectivity index (χ4n) is 2.92. The molecule has 1 aromatic carbocycles. The topological polar surface area (TPSA) is 45.4 Å². The van der Waals surface area contributed by atoms with Crippen LogP contribution in [0.25, 0.3) is 11.4 Å². The van der Waals surface area contributed by atoms with Gasteiger partial charge in [0.05, 0.1) is 6.54 Å². The van der Waals surface area contributed by atoms with Crippen LogP contribution in [0.2, 0.25) is 0 Å². The quantitative estimate of drug-likeness (QED) is 0.716. The molecule has 0 unspecified atom stereocenters. The number of hydrogen-bond acceptors (Lipinski definition) is 6. The Morgan fingerprint density at radius 2 is 1.79 bits per heavy atom. The minimum Gasteiger partial charge on any atom is -0.338 e. The summed E-state index contributed by atoms with van der Waals surface area (Å²) in [7, 11) is 0. The number of unbranched alkanes of at least 4 members (excludes halogenated alkanes) is 1. The summed E-state index contributed by atoms with van der Waals surface area (Å²) in [6.07, 6.45) is 4.63. The first-order chi connectivity index (χ1) is 11.8. The summed E-state index contributed by atoms with van der Waals surface area (Å²) in [6.45, 7) is 8.64. The highest BCUT2D eigenvalue weighted by molar-refractivity contribution is 7.98. The predicted octanol–water partition coefficient (Wildman–Crippen LogP) is 3.38. The van der Waals surface area contributed by atoms with E-state index in [0.717, 1.165) is 38.3 Å². The van der Waals surface area contributed by atoms with Crippen molar-refractivity contribution in [3.63, 3.8) is 0 Å². The van der Waals surface area contributed by atoms with Crippen molar-refractivity contribution in [3.8, 4) is 11.4 Å². The third kappa shape index (κ3) is 4.59. The van der Waals surface area contributed by atoms with E-state index in [9.17, 15) is 0 Å². The van der Waals surface area contributed by atoms with Gasteiger partial charge in [-0.3, -0.25) is 4.90 Å². The molecule has 0 amide bonds. The fourth-order valence-corrected chi connectivity index (χ4v) is 3.33. The summed E-state index contributed by atoms with van der Waals surface area (Å²) in [6, 6.07) is 8.27. The van der Waals surface area contributed by atoms with Crippen LogP contribution in [-0.2, 0) is 6.54 Å². The Kier molecular flexibility index (Phi) is 6.29. The van der Waals surface area contributed by atoms with Gasteiger partial charge < -0.3 is 9.42 Å². The lowest BCUT2D eigenvalue weighted by Crippen LogP contribution is -2.46. The Bertz CT molecular complexity index is 620. The van der Waals surface area contributed by atoms with E-state index in [4.69, 9.17) is 4.52 Å². The lowest BCUT2D eigenvalue weighted by Gasteiger charge is -2.33. The maximum absolute atomic E-state index is 5.45. The average molecular weight is 347 g/mol. The van der Waals surface area contributed by atoms with Gasteiger partial charge in [-0.15, -0.1) is 11.8 Å². The molecule has 1 fully saturated rings. The zero-order chi connectivity index (χ0) is 16.8. The molecule has 0 atom stereocenters. The molecule has 0 bridgehead atoms. The van der Waals surface area contributed by atoms with Gasteiger partial charge in [-0.25, -0.2) is 0 Å². The lowest BCUT2D eigenvalue weighted by atomic mass is 10.2. The molecule has 2 aromatic rings. The van der Waals surface area contributed by atoms with E-state index in [1.54, 1.807) is 11.8 Å². The van der Waals surface area contributed by atoms with Crippen molar-refractivity contribution < 1.29 is 4.52 Å². The second-order valence-corrected chi connectivity index (χ2v) is 7.09. The van der Waals surface area contributed by atoms with Crippen molar-refractivity contribution in [3.05, 3.63) is 30.2 Å². The number of aromatic nitrogens is 2. The number of rotatable bonds is 7. The summed E-state index contributed by atoms with van der Waals surface area (Å²) in [5.41, 5.74) is 1.01. The third-order valence-electron chi connectivity index (χ3n) is 4.47. The van der Waals surface area contributed by atoms with Crippen molar-refractivity contribution in [2.75, 3.05) is 39.0 Å². The van der Waals surface area contributed by atoms with Crippen LogP contribution in [0.3, 0.4) is 0 Å². The van der Waals surface area contributed by atoms with Gasteiger partial charge in [0.25, 0.3) is 0 Å². The molecule has 1 aliphatic rings. The SMILES string of the molecule is CCCCN1CCN(Cc2nc(-c3ccc(SC)cc3)no2)CC1. The highest BCUT2D eigenvalue weighted by atomic mass is 32.2. The zero-order valence-electron chi connectivity index (χ0n) is 14.6. The highest BCUT2D eigenvalue weighted by Crippen LogP contribution is 2.21. The summed E-state index contributed by atoms with van der Waals surface area (Å²) < 4.78 is 5.45. The summed E-state index contributed by atoms with van der Waals surface area (Å²) in [5, 5.41) is 4.13. The van der Waals surface area contributed by atoms with Crippen molar-refractivity contribution in [1.82, 2.24) is 19.9 Å². The maximum Gasteiger partial charge on any atom is 0.241 e. The highest BCUT2D eigenvalue weighted by Gasteiger charge is 2.19. The van der Waals surface area contributed by atoms with Gasteiger partial charge in [-0.1, -0.05) is 18.5 Å². The van der Waals surface area contributed by atoms with E-state index in [1.807, 2.05) is 12.1 Å². The number of piperazine rings is 1. The van der Waals surface area contributed by atoms with Crippen LogP contribution in [0.15, 0.2) is 33.7 Å². The molecule has 5 nitrogen and oxygen atoms in total. The second kappa shape index (κ2) is 8.65. The van der Waals surface area contributed by atoms with E-state index >= 15 is 0 Å². The molecule has 0 saturated carbocycles. The van der Waals surface area contributed by atoms with Gasteiger partial charge in [0.15, 0.2) is 0 Å². The summed E-state index contributed by atoms with van der Waals surface area (Å²) in [5.74, 6) is 1.39. The van der Waals surface area contributed by atoms with Gasteiger partial charge in [0.1, 0.15) is 0 Å². The minimum atomic E-state index is 0.680. The molecule has 6 heteroatoms. The van der Waals surface area contributed by atoms with E-state index in [-0.39, 0.29) is 0 Å². The van der Waals surface area contributed by atoms with E-state index < -0.39 is 0 Å². The fraction of sp³-hybridized carbons (Fsp3) is 0.556. The number of benzene rings is 1. The molecule has 3 rings (SSSR count). The Morgan fingerprint density at radius 3 is 2.46 bits per heavy atom. The molecule has 24 heavy (non-hydrogen) atoms. The largest absolute Gasteiger partial charge is 0.338 e. The monoisotopic (exact) mass is 346 g/mol. The predicted molar refractivity (Wildman–Crippen MR) is 98.1 cm³/mol. The Balaban J connectivity index is 1.53. The normalized spacial score (nSPS) is 16.6. The maximum atomic E-state index is 5.45. The molecule has 2 heterocycles. The van der Waals surface area contributed by atoms with E-state index in [0.29, 0.717) is 11.7 Å². The third-order valence-corrected chi connectivity index (χ3v) is 5.21. The minimum absolute atomic E-state index is 0.680. The van der Waals surface area contributed by atoms with Crippen molar-refractivity contribution in [2.45, 2.75) is 31.2 Å². The van der Waals surface area contributed by atoms with E-state index in [1.165, 1.54) is 24.3 Å². The van der Waals surface area contributed by atoms with E-state index in [2.05, 4.69) is 45.3 Å².